The van der Waals surface area contributed by atoms with Crippen molar-refractivity contribution in [1.82, 2.24) is 9.97 Å². The largest absolute Gasteiger partial charge is 0.457 e. The number of ketones is 4. The fourth-order valence-corrected chi connectivity index (χ4v) is 9.25. The third kappa shape index (κ3) is 5.67. The lowest BCUT2D eigenvalue weighted by atomic mass is 9.83. The van der Waals surface area contributed by atoms with E-state index in [1.54, 1.807) is 42.5 Å². The molecule has 11 rings (SSSR count). The van der Waals surface area contributed by atoms with Crippen molar-refractivity contribution < 1.29 is 38.2 Å². The van der Waals surface area contributed by atoms with E-state index >= 15 is 0 Å². The minimum atomic E-state index is -1.63. The van der Waals surface area contributed by atoms with Gasteiger partial charge < -0.3 is 14.5 Å². The highest BCUT2D eigenvalue weighted by Gasteiger charge is 2.47. The van der Waals surface area contributed by atoms with E-state index in [0.29, 0.717) is 28.7 Å². The maximum absolute atomic E-state index is 14.3. The van der Waals surface area contributed by atoms with E-state index in [1.807, 2.05) is 48.5 Å². The molecule has 3 aliphatic carbocycles. The Balaban J connectivity index is 0.913. The minimum Gasteiger partial charge on any atom is -0.457 e. The number of carbonyl (C=O) groups excluding carboxylic acids is 6. The lowest BCUT2D eigenvalue weighted by Gasteiger charge is -2.22. The molecule has 0 unspecified atom stereocenters. The monoisotopic (exact) mass is 817 g/mol. The quantitative estimate of drug-likeness (QED) is 0.121. The molecule has 1 saturated carbocycles. The van der Waals surface area contributed by atoms with Crippen LogP contribution < -0.4 is 19.9 Å². The van der Waals surface area contributed by atoms with Crippen molar-refractivity contribution in [3.8, 4) is 23.0 Å². The van der Waals surface area contributed by atoms with Gasteiger partial charge in [0.1, 0.15) is 34.7 Å². The second-order valence-electron chi connectivity index (χ2n) is 15.8. The van der Waals surface area contributed by atoms with Crippen LogP contribution in [0.25, 0.3) is 10.9 Å². The number of H-pyrrole nitrogens is 1. The number of Topliss-reactive ketones (excluding diaryl/α,β-unsaturated/α-hetero) is 2. The summed E-state index contributed by atoms with van der Waals surface area (Å²) in [5.41, 5.74) is 0.367. The predicted molar refractivity (Wildman–Crippen MR) is 225 cm³/mol. The molecule has 2 amide bonds. The Hall–Kier alpha value is -8.12. The third-order valence-electron chi connectivity index (χ3n) is 12.2. The van der Waals surface area contributed by atoms with Gasteiger partial charge in [0.25, 0.3) is 17.4 Å². The molecule has 4 aliphatic rings. The molecule has 1 aromatic heterocycles. The summed E-state index contributed by atoms with van der Waals surface area (Å²) in [6.45, 7) is 0. The first kappa shape index (κ1) is 36.9. The maximum Gasteiger partial charge on any atom is 0.266 e. The van der Waals surface area contributed by atoms with Gasteiger partial charge in [-0.2, -0.15) is 0 Å². The van der Waals surface area contributed by atoms with E-state index in [2.05, 4.69) is 9.97 Å². The zero-order valence-corrected chi connectivity index (χ0v) is 32.6. The molecular weight excluding hydrogens is 787 g/mol. The van der Waals surface area contributed by atoms with Gasteiger partial charge in [0.05, 0.1) is 33.3 Å². The lowest BCUT2D eigenvalue weighted by Crippen LogP contribution is -2.30. The third-order valence-corrected chi connectivity index (χ3v) is 12.2. The van der Waals surface area contributed by atoms with Crippen molar-refractivity contribution in [3.05, 3.63) is 188 Å². The highest BCUT2D eigenvalue weighted by Crippen LogP contribution is 2.45. The van der Waals surface area contributed by atoms with E-state index < -0.39 is 46.4 Å². The molecule has 12 nitrogen and oxygen atoms in total. The maximum atomic E-state index is 14.3. The standard InChI is InChI=1S/C50H31N3O9/c54-43-30-15-6-7-16-31(30)44(55)40-32(43)18-19-33-42(40)51-47(52-48(33)58)41-45(56)35-23-37-38(24-36(35)46(41)57)50(60)53(49(37)59)39-20-17-29(22-34(39)25-9-4-5-10-25)62-28-14-8-13-27(21-28)61-26-11-2-1-3-12-26/h1-3,6-8,11-25,41H,4-5,9-10H2,(H,51,52,58). The number of aromatic nitrogens is 2. The van der Waals surface area contributed by atoms with Gasteiger partial charge in [0, 0.05) is 33.9 Å². The number of nitrogens with zero attached hydrogens (tertiary/aromatic N) is 2. The minimum absolute atomic E-state index is 0.00194. The summed E-state index contributed by atoms with van der Waals surface area (Å²) in [5, 5.41) is -0.00194. The Morgan fingerprint density at radius 2 is 1.13 bits per heavy atom. The number of para-hydroxylation sites is 1. The fourth-order valence-electron chi connectivity index (χ4n) is 9.25. The lowest BCUT2D eigenvalue weighted by molar-refractivity contribution is 0.0882. The van der Waals surface area contributed by atoms with Gasteiger partial charge in [0.15, 0.2) is 23.1 Å². The zero-order chi connectivity index (χ0) is 42.4. The van der Waals surface area contributed by atoms with Crippen LogP contribution in [0.15, 0.2) is 126 Å². The first-order valence-electron chi connectivity index (χ1n) is 20.2. The van der Waals surface area contributed by atoms with Crippen molar-refractivity contribution in [1.29, 1.82) is 0 Å². The summed E-state index contributed by atoms with van der Waals surface area (Å²) in [7, 11) is 0. The van der Waals surface area contributed by atoms with Crippen LogP contribution in [0.3, 0.4) is 0 Å². The number of anilines is 1. The fraction of sp³-hybridized carbons (Fsp3) is 0.120. The molecule has 12 heteroatoms. The molecule has 6 aromatic carbocycles. The molecule has 1 N–H and O–H groups in total. The molecule has 300 valence electrons. The van der Waals surface area contributed by atoms with E-state index in [-0.39, 0.29) is 67.2 Å². The Morgan fingerprint density at radius 1 is 0.532 bits per heavy atom. The van der Waals surface area contributed by atoms with Crippen LogP contribution in [0.4, 0.5) is 5.69 Å². The molecule has 1 fully saturated rings. The molecule has 1 aliphatic heterocycles. The summed E-state index contributed by atoms with van der Waals surface area (Å²) in [4.78, 5) is 106. The number of benzene rings is 6. The Kier molecular flexibility index (Phi) is 8.33. The van der Waals surface area contributed by atoms with E-state index in [4.69, 9.17) is 9.47 Å². The molecule has 62 heavy (non-hydrogen) atoms. The summed E-state index contributed by atoms with van der Waals surface area (Å²) < 4.78 is 12.3. The molecule has 0 spiro atoms. The first-order chi connectivity index (χ1) is 30.1. The number of hydrogen-bond donors (Lipinski definition) is 1. The van der Waals surface area contributed by atoms with E-state index in [0.717, 1.165) is 36.1 Å². The Bertz CT molecular complexity index is 3200. The summed E-state index contributed by atoms with van der Waals surface area (Å²) >= 11 is 0. The number of fused-ring (bicyclic) bond motifs is 6. The smallest absolute Gasteiger partial charge is 0.266 e. The van der Waals surface area contributed by atoms with Gasteiger partial charge in [-0.25, -0.2) is 9.88 Å². The number of imide groups is 1. The van der Waals surface area contributed by atoms with Crippen LogP contribution in [-0.4, -0.2) is 44.9 Å². The van der Waals surface area contributed by atoms with Crippen LogP contribution in [0.2, 0.25) is 0 Å². The first-order valence-corrected chi connectivity index (χ1v) is 20.2. The van der Waals surface area contributed by atoms with Crippen LogP contribution in [-0.2, 0) is 0 Å². The van der Waals surface area contributed by atoms with Gasteiger partial charge in [-0.3, -0.25) is 33.6 Å². The second-order valence-corrected chi connectivity index (χ2v) is 15.8. The van der Waals surface area contributed by atoms with Crippen molar-refractivity contribution in [2.45, 2.75) is 37.5 Å². The van der Waals surface area contributed by atoms with Gasteiger partial charge in [0.2, 0.25) is 0 Å². The van der Waals surface area contributed by atoms with E-state index in [1.165, 1.54) is 30.3 Å². The van der Waals surface area contributed by atoms with Gasteiger partial charge in [-0.05, 0) is 91.1 Å². The predicted octanol–water partition coefficient (Wildman–Crippen LogP) is 8.90. The van der Waals surface area contributed by atoms with Gasteiger partial charge in [-0.15, -0.1) is 0 Å². The van der Waals surface area contributed by atoms with Crippen LogP contribution in [0, 0.1) is 0 Å². The van der Waals surface area contributed by atoms with Gasteiger partial charge >= 0.3 is 0 Å². The van der Waals surface area contributed by atoms with Crippen molar-refractivity contribution in [2.24, 2.45) is 0 Å². The average Bonchev–Trinajstić information content (AvgIpc) is 3.97. The Morgan fingerprint density at radius 3 is 1.81 bits per heavy atom. The van der Waals surface area contributed by atoms with Crippen molar-refractivity contribution >= 4 is 51.5 Å². The number of nitrogens with one attached hydrogen (secondary N) is 1. The van der Waals surface area contributed by atoms with Crippen molar-refractivity contribution in [2.75, 3.05) is 4.90 Å². The number of carbonyl (C=O) groups is 6. The summed E-state index contributed by atoms with van der Waals surface area (Å²) in [5.74, 6) is -3.32. The number of ether oxygens (including phenoxy) is 2. The molecule has 0 atom stereocenters. The summed E-state index contributed by atoms with van der Waals surface area (Å²) in [6.07, 6.45) is 3.67. The van der Waals surface area contributed by atoms with Crippen LogP contribution in [0.1, 0.15) is 122 Å². The molecule has 2 heterocycles. The number of rotatable bonds is 7. The van der Waals surface area contributed by atoms with Gasteiger partial charge in [-0.1, -0.05) is 61.4 Å². The van der Waals surface area contributed by atoms with E-state index in [9.17, 15) is 33.6 Å². The van der Waals surface area contributed by atoms with Crippen molar-refractivity contribution in [3.63, 3.8) is 0 Å². The topological polar surface area (TPSA) is 170 Å². The number of hydrogen-bond acceptors (Lipinski definition) is 10. The number of amides is 2. The second kappa shape index (κ2) is 14.0. The zero-order valence-electron chi connectivity index (χ0n) is 32.6. The molecule has 0 radical (unpaired) electrons. The van der Waals surface area contributed by atoms with Crippen LogP contribution >= 0.6 is 0 Å². The highest BCUT2D eigenvalue weighted by molar-refractivity contribution is 6.38. The molecule has 0 saturated heterocycles. The summed E-state index contributed by atoms with van der Waals surface area (Å²) in [6, 6.07) is 33.5. The normalized spacial score (nSPS) is 15.9. The highest BCUT2D eigenvalue weighted by atomic mass is 16.5. The Labute approximate surface area is 351 Å². The molecule has 7 aromatic rings. The number of aromatic amines is 1. The molecular formula is C50H31N3O9. The molecule has 0 bridgehead atoms. The van der Waals surface area contributed by atoms with Crippen LogP contribution in [0.5, 0.6) is 23.0 Å². The average molecular weight is 818 g/mol. The SMILES string of the molecule is O=C1c2ccccc2C(=O)c2c1ccc1c(=O)[nH]c(C3C(=O)c4cc5c(cc4C3=O)C(=O)N(c3ccc(Oc4cccc(Oc6ccccc6)c4)cc3C3CCCC3)C5=O)nc21.